The molecule has 3 N–H and O–H groups in total. The molecule has 4 aliphatic rings. The monoisotopic (exact) mass is 536 g/mol. The maximum Gasteiger partial charge on any atom is 0.408 e. The number of rotatable bonds is 7. The van der Waals surface area contributed by atoms with Gasteiger partial charge in [-0.15, -0.1) is 0 Å². The molecule has 1 aromatic carbocycles. The third kappa shape index (κ3) is 5.17. The first-order valence-electron chi connectivity index (χ1n) is 13.5. The average molecular weight is 537 g/mol. The Kier molecular flexibility index (Phi) is 6.79. The Labute approximate surface area is 228 Å². The fourth-order valence-corrected chi connectivity index (χ4v) is 6.42. The van der Waals surface area contributed by atoms with E-state index in [0.29, 0.717) is 30.9 Å². The van der Waals surface area contributed by atoms with E-state index < -0.39 is 35.7 Å². The van der Waals surface area contributed by atoms with Crippen molar-refractivity contribution in [1.82, 2.24) is 20.0 Å². The summed E-state index contributed by atoms with van der Waals surface area (Å²) in [5, 5.41) is 12.4. The number of piperidine rings is 1. The van der Waals surface area contributed by atoms with Gasteiger partial charge in [0.2, 0.25) is 17.7 Å². The summed E-state index contributed by atoms with van der Waals surface area (Å²) in [4.78, 5) is 56.8. The molecule has 4 amide bonds. The number of nitrogens with one attached hydrogen (secondary N) is 1. The average Bonchev–Trinajstić information content (AvgIpc) is 3.18. The maximum absolute atomic E-state index is 13.7. The fourth-order valence-electron chi connectivity index (χ4n) is 6.42. The molecular formula is C28H36N6O5. The number of nitriles is 1. The summed E-state index contributed by atoms with van der Waals surface area (Å²) in [6.07, 6.45) is 1.46. The lowest BCUT2D eigenvalue weighted by atomic mass is 10.0. The highest BCUT2D eigenvalue weighted by Gasteiger charge is 2.56. The molecule has 208 valence electrons. The summed E-state index contributed by atoms with van der Waals surface area (Å²) in [5.74, 6) is -0.485. The minimum absolute atomic E-state index is 0.0282. The second kappa shape index (κ2) is 9.83. The Hall–Kier alpha value is -3.65. The molecule has 4 fully saturated rings. The second-order valence-electron chi connectivity index (χ2n) is 12.2. The standard InChI is InChI=1S/C28H36N6O5/c1-15(16-5-7-17(8-6-16)24(30)35)33-20-11-23(26(33)37)32(13-20)14-21(31-27(38)39-28(2,3)4)25(36)34-19(12-29)9-18-10-22(18)34/h5-8,15,18-23H,9-11,13-14H2,1-4H3,(H2,30,35)(H,31,38)/t15?,18-,19?,20+,21?,22+,23?/m1/s1. The van der Waals surface area contributed by atoms with Crippen LogP contribution >= 0.6 is 0 Å². The lowest BCUT2D eigenvalue weighted by Crippen LogP contribution is -2.59. The number of likely N-dealkylation sites (tertiary alicyclic amines) is 3. The maximum atomic E-state index is 13.7. The van der Waals surface area contributed by atoms with Crippen LogP contribution in [0.4, 0.5) is 4.79 Å². The van der Waals surface area contributed by atoms with Crippen LogP contribution in [0.5, 0.6) is 0 Å². The molecule has 3 saturated heterocycles. The van der Waals surface area contributed by atoms with E-state index in [4.69, 9.17) is 10.5 Å². The van der Waals surface area contributed by atoms with E-state index in [1.807, 2.05) is 28.9 Å². The van der Waals surface area contributed by atoms with Crippen LogP contribution in [-0.2, 0) is 14.3 Å². The zero-order chi connectivity index (χ0) is 28.2. The highest BCUT2D eigenvalue weighted by Crippen LogP contribution is 2.48. The Morgan fingerprint density at radius 3 is 2.46 bits per heavy atom. The van der Waals surface area contributed by atoms with Gasteiger partial charge in [0.15, 0.2) is 0 Å². The molecule has 1 saturated carbocycles. The van der Waals surface area contributed by atoms with E-state index in [2.05, 4.69) is 11.4 Å². The van der Waals surface area contributed by atoms with Crippen LogP contribution < -0.4 is 11.1 Å². The predicted octanol–water partition coefficient (Wildman–Crippen LogP) is 1.54. The quantitative estimate of drug-likeness (QED) is 0.537. The van der Waals surface area contributed by atoms with Crippen molar-refractivity contribution in [3.05, 3.63) is 35.4 Å². The molecular weight excluding hydrogens is 500 g/mol. The van der Waals surface area contributed by atoms with Gasteiger partial charge in [-0.3, -0.25) is 19.3 Å². The Bertz CT molecular complexity index is 1220. The van der Waals surface area contributed by atoms with Crippen LogP contribution in [0.15, 0.2) is 24.3 Å². The number of nitrogens with two attached hydrogens (primary N) is 1. The normalized spacial score (nSPS) is 29.0. The summed E-state index contributed by atoms with van der Waals surface area (Å²) in [6.45, 7) is 7.93. The molecule has 3 heterocycles. The number of hydrogen-bond acceptors (Lipinski definition) is 7. The Morgan fingerprint density at radius 1 is 1.18 bits per heavy atom. The van der Waals surface area contributed by atoms with Crippen LogP contribution in [0.1, 0.15) is 68.9 Å². The second-order valence-corrected chi connectivity index (χ2v) is 12.2. The first kappa shape index (κ1) is 26.9. The van der Waals surface area contributed by atoms with Gasteiger partial charge in [-0.05, 0) is 70.6 Å². The summed E-state index contributed by atoms with van der Waals surface area (Å²) in [5.41, 5.74) is 5.93. The summed E-state index contributed by atoms with van der Waals surface area (Å²) < 4.78 is 5.43. The number of hydrogen-bond donors (Lipinski definition) is 2. The summed E-state index contributed by atoms with van der Waals surface area (Å²) >= 11 is 0. The van der Waals surface area contributed by atoms with Gasteiger partial charge in [-0.25, -0.2) is 4.79 Å². The molecule has 4 unspecified atom stereocenters. The van der Waals surface area contributed by atoms with Gasteiger partial charge in [-0.2, -0.15) is 5.26 Å². The van der Waals surface area contributed by atoms with Gasteiger partial charge in [0.25, 0.3) is 0 Å². The Morgan fingerprint density at radius 2 is 1.87 bits per heavy atom. The highest BCUT2D eigenvalue weighted by molar-refractivity contribution is 5.93. The van der Waals surface area contributed by atoms with E-state index in [-0.39, 0.29) is 36.5 Å². The number of carbonyl (C=O) groups is 4. The fraction of sp³-hybridized carbons (Fsp3) is 0.607. The first-order valence-corrected chi connectivity index (χ1v) is 13.5. The molecule has 0 spiro atoms. The van der Waals surface area contributed by atoms with Crippen LogP contribution in [0.3, 0.4) is 0 Å². The lowest BCUT2D eigenvalue weighted by Gasteiger charge is -2.39. The molecule has 7 atom stereocenters. The molecule has 0 aromatic heterocycles. The van der Waals surface area contributed by atoms with E-state index in [0.717, 1.165) is 12.0 Å². The number of nitrogens with zero attached hydrogens (tertiary/aromatic N) is 4. The molecule has 5 rings (SSSR count). The van der Waals surface area contributed by atoms with Gasteiger partial charge in [0, 0.05) is 30.7 Å². The first-order chi connectivity index (χ1) is 18.4. The SMILES string of the molecule is CC(c1ccc(C(N)=O)cc1)N1C(=O)C2C[C@H]1CN2CC(NC(=O)OC(C)(C)C)C(=O)N1C(C#N)C[C@@H]2C[C@@H]21. The molecule has 11 heteroatoms. The van der Waals surface area contributed by atoms with Crippen molar-refractivity contribution in [2.45, 2.75) is 88.8 Å². The number of alkyl carbamates (subject to hydrolysis) is 1. The topological polar surface area (TPSA) is 149 Å². The Balaban J connectivity index is 1.30. The van der Waals surface area contributed by atoms with Gasteiger partial charge < -0.3 is 25.6 Å². The van der Waals surface area contributed by atoms with Crippen molar-refractivity contribution in [3.8, 4) is 6.07 Å². The van der Waals surface area contributed by atoms with Crippen molar-refractivity contribution in [1.29, 1.82) is 5.26 Å². The van der Waals surface area contributed by atoms with E-state index in [9.17, 15) is 24.4 Å². The lowest BCUT2D eigenvalue weighted by molar-refractivity contribution is -0.141. The van der Waals surface area contributed by atoms with E-state index in [1.165, 1.54) is 0 Å². The van der Waals surface area contributed by atoms with Crippen LogP contribution in [0.2, 0.25) is 0 Å². The van der Waals surface area contributed by atoms with Crippen LogP contribution in [0, 0.1) is 17.2 Å². The molecule has 11 nitrogen and oxygen atoms in total. The zero-order valence-electron chi connectivity index (χ0n) is 22.8. The smallest absolute Gasteiger partial charge is 0.408 e. The van der Waals surface area contributed by atoms with Crippen molar-refractivity contribution >= 4 is 23.8 Å². The van der Waals surface area contributed by atoms with Crippen LogP contribution in [-0.4, -0.2) is 87.4 Å². The van der Waals surface area contributed by atoms with E-state index >= 15 is 0 Å². The molecule has 1 aromatic rings. The predicted molar refractivity (Wildman–Crippen MR) is 140 cm³/mol. The largest absolute Gasteiger partial charge is 0.444 e. The van der Waals surface area contributed by atoms with Crippen LogP contribution in [0.25, 0.3) is 0 Å². The number of carbonyl (C=O) groups excluding carboxylic acids is 4. The number of piperazine rings is 1. The van der Waals surface area contributed by atoms with Gasteiger partial charge >= 0.3 is 6.09 Å². The molecule has 39 heavy (non-hydrogen) atoms. The van der Waals surface area contributed by atoms with Gasteiger partial charge in [-0.1, -0.05) is 12.1 Å². The molecule has 2 bridgehead atoms. The third-order valence-corrected chi connectivity index (χ3v) is 8.32. The zero-order valence-corrected chi connectivity index (χ0v) is 22.8. The van der Waals surface area contributed by atoms with Gasteiger partial charge in [0.05, 0.1) is 18.2 Å². The molecule has 3 aliphatic heterocycles. The number of ether oxygens (including phenoxy) is 1. The minimum atomic E-state index is -0.936. The minimum Gasteiger partial charge on any atom is -0.444 e. The van der Waals surface area contributed by atoms with Crippen molar-refractivity contribution < 1.29 is 23.9 Å². The molecule has 1 aliphatic carbocycles. The number of fused-ring (bicyclic) bond motifs is 3. The van der Waals surface area contributed by atoms with Crippen molar-refractivity contribution in [2.75, 3.05) is 13.1 Å². The third-order valence-electron chi connectivity index (χ3n) is 8.32. The highest BCUT2D eigenvalue weighted by atomic mass is 16.6. The molecule has 0 radical (unpaired) electrons. The summed E-state index contributed by atoms with van der Waals surface area (Å²) in [6, 6.07) is 7.15. The summed E-state index contributed by atoms with van der Waals surface area (Å²) in [7, 11) is 0. The van der Waals surface area contributed by atoms with Crippen molar-refractivity contribution in [2.24, 2.45) is 11.7 Å². The van der Waals surface area contributed by atoms with E-state index in [1.54, 1.807) is 37.8 Å². The number of amides is 4. The number of benzene rings is 1. The van der Waals surface area contributed by atoms with Gasteiger partial charge in [0.1, 0.15) is 17.7 Å². The number of primary amides is 1. The van der Waals surface area contributed by atoms with Crippen molar-refractivity contribution in [3.63, 3.8) is 0 Å².